The molecule has 2 fully saturated rings. The summed E-state index contributed by atoms with van der Waals surface area (Å²) in [6.07, 6.45) is 3.33. The number of urea groups is 1. The summed E-state index contributed by atoms with van der Waals surface area (Å²) in [5.41, 5.74) is -1.34. The zero-order valence-electron chi connectivity index (χ0n) is 15.3. The fourth-order valence-corrected chi connectivity index (χ4v) is 3.41. The molecule has 1 heterocycles. The molecule has 2 aliphatic rings. The molecule has 0 aromatic carbocycles. The van der Waals surface area contributed by atoms with Crippen molar-refractivity contribution in [2.75, 3.05) is 13.2 Å². The molecule has 1 saturated heterocycles. The highest BCUT2D eigenvalue weighted by Crippen LogP contribution is 2.38. The van der Waals surface area contributed by atoms with Gasteiger partial charge in [-0.15, -0.1) is 0 Å². The third-order valence-corrected chi connectivity index (χ3v) is 4.67. The van der Waals surface area contributed by atoms with E-state index in [9.17, 15) is 19.2 Å². The fourth-order valence-electron chi connectivity index (χ4n) is 3.41. The van der Waals surface area contributed by atoms with Crippen LogP contribution in [0.5, 0.6) is 0 Å². The van der Waals surface area contributed by atoms with Gasteiger partial charge in [0.1, 0.15) is 12.1 Å². The highest BCUT2D eigenvalue weighted by Gasteiger charge is 2.55. The molecule has 1 aliphatic heterocycles. The molecule has 8 heteroatoms. The van der Waals surface area contributed by atoms with E-state index in [0.29, 0.717) is 6.42 Å². The Bertz CT molecular complexity index is 583. The number of esters is 1. The molecule has 0 bridgehead atoms. The minimum absolute atomic E-state index is 0.0243. The van der Waals surface area contributed by atoms with Gasteiger partial charge < -0.3 is 15.4 Å². The minimum atomic E-state index is -0.904. The Balaban J connectivity index is 1.91. The maximum absolute atomic E-state index is 12.7. The predicted octanol–water partition coefficient (Wildman–Crippen LogP) is 0.945. The monoisotopic (exact) mass is 353 g/mol. The number of hydrogen-bond acceptors (Lipinski definition) is 5. The summed E-state index contributed by atoms with van der Waals surface area (Å²) >= 11 is 0. The Labute approximate surface area is 147 Å². The van der Waals surface area contributed by atoms with Crippen LogP contribution < -0.4 is 10.6 Å². The minimum Gasteiger partial charge on any atom is -0.454 e. The van der Waals surface area contributed by atoms with Crippen molar-refractivity contribution in [2.24, 2.45) is 5.92 Å². The van der Waals surface area contributed by atoms with Crippen molar-refractivity contribution in [2.45, 2.75) is 64.5 Å². The maximum Gasteiger partial charge on any atom is 0.326 e. The van der Waals surface area contributed by atoms with Gasteiger partial charge in [-0.25, -0.2) is 4.79 Å². The topological polar surface area (TPSA) is 105 Å². The summed E-state index contributed by atoms with van der Waals surface area (Å²) in [7, 11) is 0. The van der Waals surface area contributed by atoms with Gasteiger partial charge in [-0.1, -0.05) is 19.8 Å². The van der Waals surface area contributed by atoms with Gasteiger partial charge in [-0.05, 0) is 39.5 Å². The van der Waals surface area contributed by atoms with Crippen LogP contribution >= 0.6 is 0 Å². The number of nitrogens with zero attached hydrogens (tertiary/aromatic N) is 1. The molecular weight excluding hydrogens is 326 g/mol. The van der Waals surface area contributed by atoms with Crippen LogP contribution in [-0.2, 0) is 19.1 Å². The Morgan fingerprint density at radius 1 is 1.32 bits per heavy atom. The lowest BCUT2D eigenvalue weighted by atomic mass is 9.73. The van der Waals surface area contributed by atoms with Crippen LogP contribution in [0.15, 0.2) is 0 Å². The van der Waals surface area contributed by atoms with Gasteiger partial charge in [0, 0.05) is 5.54 Å². The predicted molar refractivity (Wildman–Crippen MR) is 89.5 cm³/mol. The Hall–Kier alpha value is -2.12. The van der Waals surface area contributed by atoms with Crippen molar-refractivity contribution in [1.29, 1.82) is 0 Å². The van der Waals surface area contributed by atoms with Gasteiger partial charge >= 0.3 is 12.0 Å². The molecule has 8 nitrogen and oxygen atoms in total. The van der Waals surface area contributed by atoms with Crippen LogP contribution in [0.25, 0.3) is 0 Å². The Morgan fingerprint density at radius 2 is 2.00 bits per heavy atom. The fraction of sp³-hybridized carbons (Fsp3) is 0.765. The summed E-state index contributed by atoms with van der Waals surface area (Å²) in [4.78, 5) is 49.4. The number of carbonyl (C=O) groups excluding carboxylic acids is 4. The molecule has 4 amide bonds. The SMILES string of the molecule is C[C@H]1CCCC[C@@]12NC(=O)N(CC(=O)OCC(=O)NC(C)(C)C)C2=O. The second-order valence-corrected chi connectivity index (χ2v) is 7.90. The summed E-state index contributed by atoms with van der Waals surface area (Å²) in [6, 6.07) is -0.574. The average Bonchev–Trinajstić information content (AvgIpc) is 2.72. The largest absolute Gasteiger partial charge is 0.454 e. The number of nitrogens with one attached hydrogen (secondary N) is 2. The smallest absolute Gasteiger partial charge is 0.326 e. The molecule has 0 aromatic heterocycles. The van der Waals surface area contributed by atoms with Gasteiger partial charge in [0.2, 0.25) is 0 Å². The van der Waals surface area contributed by atoms with E-state index < -0.39 is 42.1 Å². The standard InChI is InChI=1S/C17H27N3O5/c1-11-7-5-6-8-17(11)14(23)20(15(24)19-17)9-13(22)25-10-12(21)18-16(2,3)4/h11H,5-10H2,1-4H3,(H,18,21)(H,19,24)/t11-,17+/m0/s1. The number of rotatable bonds is 4. The summed E-state index contributed by atoms with van der Waals surface area (Å²) in [6.45, 7) is 6.44. The van der Waals surface area contributed by atoms with Crippen LogP contribution in [0.3, 0.4) is 0 Å². The van der Waals surface area contributed by atoms with Crippen molar-refractivity contribution in [3.05, 3.63) is 0 Å². The molecule has 2 N–H and O–H groups in total. The highest BCUT2D eigenvalue weighted by molar-refractivity contribution is 6.09. The molecule has 2 rings (SSSR count). The van der Waals surface area contributed by atoms with E-state index in [-0.39, 0.29) is 11.8 Å². The van der Waals surface area contributed by atoms with E-state index in [1.807, 2.05) is 27.7 Å². The first-order valence-electron chi connectivity index (χ1n) is 8.66. The summed E-state index contributed by atoms with van der Waals surface area (Å²) in [5.74, 6) is -1.57. The van der Waals surface area contributed by atoms with Crippen LogP contribution in [0, 0.1) is 5.92 Å². The lowest BCUT2D eigenvalue weighted by Gasteiger charge is -2.36. The lowest BCUT2D eigenvalue weighted by Crippen LogP contribution is -2.54. The second kappa shape index (κ2) is 7.01. The Kier molecular flexibility index (Phi) is 5.39. The van der Waals surface area contributed by atoms with Gasteiger partial charge in [0.25, 0.3) is 11.8 Å². The zero-order chi connectivity index (χ0) is 18.8. The van der Waals surface area contributed by atoms with E-state index in [2.05, 4.69) is 10.6 Å². The number of amides is 4. The van der Waals surface area contributed by atoms with Crippen molar-refractivity contribution >= 4 is 23.8 Å². The summed E-state index contributed by atoms with van der Waals surface area (Å²) < 4.78 is 4.89. The Morgan fingerprint density at radius 3 is 2.60 bits per heavy atom. The molecule has 1 spiro atoms. The number of ether oxygens (including phenoxy) is 1. The zero-order valence-corrected chi connectivity index (χ0v) is 15.3. The molecular formula is C17H27N3O5. The second-order valence-electron chi connectivity index (χ2n) is 7.90. The van der Waals surface area contributed by atoms with Gasteiger partial charge in [0.05, 0.1) is 0 Å². The van der Waals surface area contributed by atoms with Crippen molar-refractivity contribution < 1.29 is 23.9 Å². The number of imide groups is 1. The molecule has 140 valence electrons. The third kappa shape index (κ3) is 4.29. The van der Waals surface area contributed by atoms with Crippen LogP contribution in [0.2, 0.25) is 0 Å². The van der Waals surface area contributed by atoms with Gasteiger partial charge in [-0.2, -0.15) is 0 Å². The number of hydrogen-bond donors (Lipinski definition) is 2. The van der Waals surface area contributed by atoms with Gasteiger partial charge in [-0.3, -0.25) is 19.3 Å². The van der Waals surface area contributed by atoms with E-state index in [0.717, 1.165) is 24.2 Å². The first-order valence-corrected chi connectivity index (χ1v) is 8.66. The van der Waals surface area contributed by atoms with E-state index in [4.69, 9.17) is 4.74 Å². The molecule has 2 atom stereocenters. The molecule has 0 unspecified atom stereocenters. The molecule has 1 aliphatic carbocycles. The van der Waals surface area contributed by atoms with Crippen molar-refractivity contribution in [1.82, 2.24) is 15.5 Å². The van der Waals surface area contributed by atoms with Gasteiger partial charge in [0.15, 0.2) is 6.61 Å². The molecule has 0 aromatic rings. The quantitative estimate of drug-likeness (QED) is 0.578. The first-order chi connectivity index (χ1) is 11.5. The van der Waals surface area contributed by atoms with Crippen LogP contribution in [0.4, 0.5) is 4.79 Å². The molecule has 0 radical (unpaired) electrons. The van der Waals surface area contributed by atoms with Crippen LogP contribution in [-0.4, -0.2) is 52.9 Å². The summed E-state index contributed by atoms with van der Waals surface area (Å²) in [5, 5.41) is 5.43. The highest BCUT2D eigenvalue weighted by atomic mass is 16.5. The molecule has 25 heavy (non-hydrogen) atoms. The van der Waals surface area contributed by atoms with Crippen molar-refractivity contribution in [3.8, 4) is 0 Å². The first kappa shape index (κ1) is 19.2. The maximum atomic E-state index is 12.7. The van der Waals surface area contributed by atoms with Crippen LogP contribution in [0.1, 0.15) is 53.4 Å². The van der Waals surface area contributed by atoms with Crippen molar-refractivity contribution in [3.63, 3.8) is 0 Å². The van der Waals surface area contributed by atoms with E-state index >= 15 is 0 Å². The third-order valence-electron chi connectivity index (χ3n) is 4.67. The van der Waals surface area contributed by atoms with E-state index in [1.165, 1.54) is 0 Å². The number of carbonyl (C=O) groups is 4. The normalized spacial score (nSPS) is 26.6. The average molecular weight is 353 g/mol. The molecule has 1 saturated carbocycles. The van der Waals surface area contributed by atoms with E-state index in [1.54, 1.807) is 0 Å². The lowest BCUT2D eigenvalue weighted by molar-refractivity contribution is -0.151.